The van der Waals surface area contributed by atoms with Crippen LogP contribution >= 0.6 is 0 Å². The minimum Gasteiger partial charge on any atom is -0.294 e. The Morgan fingerprint density at radius 1 is 0.510 bits per heavy atom. The second-order valence-electron chi connectivity index (χ2n) is 15.0. The summed E-state index contributed by atoms with van der Waals surface area (Å²) in [5.41, 5.74) is 15.8. The third kappa shape index (κ3) is 5.13. The fourth-order valence-electron chi connectivity index (χ4n) is 7.65. The van der Waals surface area contributed by atoms with E-state index in [9.17, 15) is 0 Å². The molecule has 0 bridgehead atoms. The molecule has 0 amide bonds. The highest BCUT2D eigenvalue weighted by molar-refractivity contribution is 6.17. The van der Waals surface area contributed by atoms with Crippen LogP contribution < -0.4 is 0 Å². The summed E-state index contributed by atoms with van der Waals surface area (Å²) in [7, 11) is 0. The van der Waals surface area contributed by atoms with E-state index in [4.69, 9.17) is 9.97 Å². The van der Waals surface area contributed by atoms with E-state index in [0.29, 0.717) is 0 Å². The minimum atomic E-state index is 0.0760. The highest BCUT2D eigenvalue weighted by Crippen LogP contribution is 2.39. The van der Waals surface area contributed by atoms with Crippen molar-refractivity contribution in [3.63, 3.8) is 0 Å². The van der Waals surface area contributed by atoms with Crippen molar-refractivity contribution < 1.29 is 0 Å². The van der Waals surface area contributed by atoms with Crippen molar-refractivity contribution in [1.29, 1.82) is 0 Å². The van der Waals surface area contributed by atoms with Crippen molar-refractivity contribution in [3.8, 4) is 33.8 Å². The summed E-state index contributed by atoms with van der Waals surface area (Å²) in [6.45, 7) is 13.3. The summed E-state index contributed by atoms with van der Waals surface area (Å²) in [6.07, 6.45) is 2.00. The average molecular weight is 661 g/mol. The van der Waals surface area contributed by atoms with E-state index in [1.165, 1.54) is 38.6 Å². The molecule has 4 heterocycles. The summed E-state index contributed by atoms with van der Waals surface area (Å²) >= 11 is 0. The van der Waals surface area contributed by atoms with Crippen LogP contribution in [0.4, 0.5) is 0 Å². The van der Waals surface area contributed by atoms with Gasteiger partial charge in [-0.25, -0.2) is 4.98 Å². The third-order valence-electron chi connectivity index (χ3n) is 10.4. The smallest absolute Gasteiger partial charge is 0.148 e. The van der Waals surface area contributed by atoms with Crippen molar-refractivity contribution in [2.75, 3.05) is 0 Å². The van der Waals surface area contributed by atoms with Crippen LogP contribution in [0, 0.1) is 20.8 Å². The molecule has 9 aromatic rings. The Balaban J connectivity index is 1.28. The Hall–Kier alpha value is -6.00. The van der Waals surface area contributed by atoms with Crippen LogP contribution in [0.2, 0.25) is 0 Å². The lowest BCUT2D eigenvalue weighted by molar-refractivity contribution is 0.590. The standard InChI is InChI=1S/C47H40N4/c1-29-15-21-43-37(23-29)39-27-40-38-24-30(2)16-22-44(38)51(46(40)49-45(39)50(43)35-19-17-34(18-20-35)47(4,5)6)36-14-10-13-33(26-36)42-25-31(3)41(28-48-42)32-11-8-7-9-12-32/h7-28H,1-6H3. The number of rotatable bonds is 4. The molecule has 0 atom stereocenters. The molecule has 0 aliphatic rings. The van der Waals surface area contributed by atoms with Crippen molar-refractivity contribution in [2.45, 2.75) is 47.0 Å². The highest BCUT2D eigenvalue weighted by Gasteiger charge is 2.21. The number of aryl methyl sites for hydroxylation is 3. The van der Waals surface area contributed by atoms with Gasteiger partial charge < -0.3 is 0 Å². The Kier molecular flexibility index (Phi) is 7.01. The summed E-state index contributed by atoms with van der Waals surface area (Å²) in [4.78, 5) is 10.6. The van der Waals surface area contributed by atoms with Gasteiger partial charge in [-0.3, -0.25) is 14.1 Å². The van der Waals surface area contributed by atoms with Crippen molar-refractivity contribution in [2.24, 2.45) is 0 Å². The lowest BCUT2D eigenvalue weighted by atomic mass is 9.87. The maximum Gasteiger partial charge on any atom is 0.148 e. The Morgan fingerprint density at radius 2 is 1.12 bits per heavy atom. The van der Waals surface area contributed by atoms with Gasteiger partial charge in [0.1, 0.15) is 11.3 Å². The second-order valence-corrected chi connectivity index (χ2v) is 15.0. The van der Waals surface area contributed by atoms with E-state index >= 15 is 0 Å². The van der Waals surface area contributed by atoms with Gasteiger partial charge in [0, 0.05) is 50.2 Å². The molecule has 0 saturated heterocycles. The molecule has 248 valence electrons. The van der Waals surface area contributed by atoms with Gasteiger partial charge in [0.05, 0.1) is 16.7 Å². The summed E-state index contributed by atoms with van der Waals surface area (Å²) in [5.74, 6) is 0. The predicted octanol–water partition coefficient (Wildman–Crippen LogP) is 12.2. The number of hydrogen-bond donors (Lipinski definition) is 0. The lowest BCUT2D eigenvalue weighted by Gasteiger charge is -2.19. The molecule has 4 heteroatoms. The van der Waals surface area contributed by atoms with Crippen LogP contribution in [0.5, 0.6) is 0 Å². The maximum absolute atomic E-state index is 5.61. The third-order valence-corrected chi connectivity index (χ3v) is 10.4. The van der Waals surface area contributed by atoms with Crippen LogP contribution in [0.25, 0.3) is 77.6 Å². The summed E-state index contributed by atoms with van der Waals surface area (Å²) < 4.78 is 4.66. The number of nitrogens with zero attached hydrogens (tertiary/aromatic N) is 4. The molecule has 0 fully saturated rings. The van der Waals surface area contributed by atoms with Crippen LogP contribution in [-0.4, -0.2) is 19.1 Å². The maximum atomic E-state index is 5.61. The molecule has 0 aliphatic carbocycles. The van der Waals surface area contributed by atoms with Crippen molar-refractivity contribution in [1.82, 2.24) is 19.1 Å². The first-order valence-electron chi connectivity index (χ1n) is 17.7. The van der Waals surface area contributed by atoms with Gasteiger partial charge in [0.2, 0.25) is 0 Å². The average Bonchev–Trinajstić information content (AvgIpc) is 3.61. The Bertz CT molecular complexity index is 2790. The molecular weight excluding hydrogens is 621 g/mol. The first-order valence-corrected chi connectivity index (χ1v) is 17.7. The Labute approximate surface area is 298 Å². The quantitative estimate of drug-likeness (QED) is 0.188. The molecule has 0 aliphatic heterocycles. The van der Waals surface area contributed by atoms with Crippen molar-refractivity contribution in [3.05, 3.63) is 156 Å². The molecule has 0 radical (unpaired) electrons. The van der Waals surface area contributed by atoms with Gasteiger partial charge >= 0.3 is 0 Å². The van der Waals surface area contributed by atoms with Gasteiger partial charge in [-0.2, -0.15) is 0 Å². The molecule has 4 aromatic heterocycles. The van der Waals surface area contributed by atoms with Gasteiger partial charge in [-0.15, -0.1) is 0 Å². The predicted molar refractivity (Wildman–Crippen MR) is 214 cm³/mol. The van der Waals surface area contributed by atoms with Crippen LogP contribution in [0.3, 0.4) is 0 Å². The van der Waals surface area contributed by atoms with E-state index in [1.807, 2.05) is 12.3 Å². The van der Waals surface area contributed by atoms with Gasteiger partial charge in [-0.1, -0.05) is 98.6 Å². The molecular formula is C47H40N4. The van der Waals surface area contributed by atoms with Gasteiger partial charge in [0.15, 0.2) is 0 Å². The molecule has 0 N–H and O–H groups in total. The lowest BCUT2D eigenvalue weighted by Crippen LogP contribution is -2.10. The van der Waals surface area contributed by atoms with Gasteiger partial charge in [-0.05, 0) is 104 Å². The van der Waals surface area contributed by atoms with E-state index in [2.05, 4.69) is 172 Å². The van der Waals surface area contributed by atoms with E-state index in [-0.39, 0.29) is 5.41 Å². The monoisotopic (exact) mass is 660 g/mol. The zero-order chi connectivity index (χ0) is 35.0. The fourth-order valence-corrected chi connectivity index (χ4v) is 7.65. The largest absolute Gasteiger partial charge is 0.294 e. The molecule has 51 heavy (non-hydrogen) atoms. The summed E-state index contributed by atoms with van der Waals surface area (Å²) in [6, 6.07) is 46.2. The number of pyridine rings is 2. The van der Waals surface area contributed by atoms with E-state index in [0.717, 1.165) is 61.3 Å². The fraction of sp³-hybridized carbons (Fsp3) is 0.149. The number of benzene rings is 5. The summed E-state index contributed by atoms with van der Waals surface area (Å²) in [5, 5.41) is 4.73. The minimum absolute atomic E-state index is 0.0760. The van der Waals surface area contributed by atoms with E-state index < -0.39 is 0 Å². The number of fused-ring (bicyclic) bond motifs is 6. The normalized spacial score (nSPS) is 12.1. The number of aromatic nitrogens is 4. The Morgan fingerprint density at radius 3 is 1.73 bits per heavy atom. The molecule has 0 unspecified atom stereocenters. The zero-order valence-corrected chi connectivity index (χ0v) is 30.0. The zero-order valence-electron chi connectivity index (χ0n) is 30.0. The topological polar surface area (TPSA) is 35.6 Å². The molecule has 5 aromatic carbocycles. The molecule has 0 saturated carbocycles. The van der Waals surface area contributed by atoms with Gasteiger partial charge in [0.25, 0.3) is 0 Å². The first-order chi connectivity index (χ1) is 24.6. The molecule has 4 nitrogen and oxygen atoms in total. The van der Waals surface area contributed by atoms with Crippen LogP contribution in [0.1, 0.15) is 43.0 Å². The van der Waals surface area contributed by atoms with Crippen molar-refractivity contribution >= 4 is 43.9 Å². The molecule has 0 spiro atoms. The SMILES string of the molecule is Cc1ccc2c(c1)c1cc3c4cc(C)ccc4n(-c4cccc(-c5cc(C)c(-c6ccccc6)cn5)c4)c3nc1n2-c1ccc(C(C)(C)C)cc1. The first kappa shape index (κ1) is 31.0. The van der Waals surface area contributed by atoms with Crippen LogP contribution in [-0.2, 0) is 5.41 Å². The second kappa shape index (κ2) is 11.5. The van der Waals surface area contributed by atoms with E-state index in [1.54, 1.807) is 0 Å². The van der Waals surface area contributed by atoms with Crippen LogP contribution in [0.15, 0.2) is 134 Å². The number of hydrogen-bond acceptors (Lipinski definition) is 2. The highest BCUT2D eigenvalue weighted by atomic mass is 15.1. The molecule has 9 rings (SSSR count).